The zero-order valence-corrected chi connectivity index (χ0v) is 10.8. The van der Waals surface area contributed by atoms with E-state index < -0.39 is 5.97 Å². The predicted molar refractivity (Wildman–Crippen MR) is 68.8 cm³/mol. The second-order valence-electron chi connectivity index (χ2n) is 4.56. The van der Waals surface area contributed by atoms with Gasteiger partial charge in [-0.1, -0.05) is 12.1 Å². The molecule has 5 nitrogen and oxygen atoms in total. The van der Waals surface area contributed by atoms with E-state index in [0.29, 0.717) is 13.2 Å². The zero-order valence-electron chi connectivity index (χ0n) is 10.8. The largest absolute Gasteiger partial charge is 0.478 e. The molecule has 2 atom stereocenters. The summed E-state index contributed by atoms with van der Waals surface area (Å²) in [6.45, 7) is 2.87. The Balaban J connectivity index is 1.84. The number of carbonyl (C=O) groups is 2. The van der Waals surface area contributed by atoms with Crippen molar-refractivity contribution in [2.75, 3.05) is 6.61 Å². The lowest BCUT2D eigenvalue weighted by Gasteiger charge is -2.06. The third-order valence-electron chi connectivity index (χ3n) is 3.09. The topological polar surface area (TPSA) is 75.6 Å². The third-order valence-corrected chi connectivity index (χ3v) is 3.09. The molecule has 0 radical (unpaired) electrons. The van der Waals surface area contributed by atoms with Crippen LogP contribution in [-0.2, 0) is 16.1 Å². The van der Waals surface area contributed by atoms with Gasteiger partial charge < -0.3 is 15.2 Å². The molecule has 1 aliphatic carbocycles. The summed E-state index contributed by atoms with van der Waals surface area (Å²) in [7, 11) is 0. The van der Waals surface area contributed by atoms with Gasteiger partial charge in [0.05, 0.1) is 17.6 Å². The first-order chi connectivity index (χ1) is 9.11. The van der Waals surface area contributed by atoms with Gasteiger partial charge in [0.2, 0.25) is 5.91 Å². The molecule has 1 fully saturated rings. The number of hydrogen-bond acceptors (Lipinski definition) is 3. The molecular weight excluding hydrogens is 246 g/mol. The normalized spacial score (nSPS) is 20.9. The number of carbonyl (C=O) groups excluding carboxylic acids is 1. The number of hydrogen-bond donors (Lipinski definition) is 2. The van der Waals surface area contributed by atoms with Crippen molar-refractivity contribution in [2.45, 2.75) is 26.0 Å². The van der Waals surface area contributed by atoms with Gasteiger partial charge in [0.1, 0.15) is 0 Å². The Bertz CT molecular complexity index is 486. The highest BCUT2D eigenvalue weighted by Gasteiger charge is 2.43. The van der Waals surface area contributed by atoms with Crippen molar-refractivity contribution in [1.82, 2.24) is 5.32 Å². The molecule has 1 aromatic rings. The van der Waals surface area contributed by atoms with Crippen molar-refractivity contribution in [3.63, 3.8) is 0 Å². The van der Waals surface area contributed by atoms with Gasteiger partial charge in [-0.3, -0.25) is 4.79 Å². The number of benzene rings is 1. The monoisotopic (exact) mass is 263 g/mol. The van der Waals surface area contributed by atoms with Crippen LogP contribution < -0.4 is 5.32 Å². The highest BCUT2D eigenvalue weighted by Crippen LogP contribution is 2.33. The molecule has 5 heteroatoms. The fourth-order valence-corrected chi connectivity index (χ4v) is 1.98. The van der Waals surface area contributed by atoms with E-state index in [2.05, 4.69) is 5.32 Å². The quantitative estimate of drug-likeness (QED) is 0.814. The van der Waals surface area contributed by atoms with Gasteiger partial charge in [0, 0.05) is 13.2 Å². The van der Waals surface area contributed by atoms with Crippen molar-refractivity contribution < 1.29 is 19.4 Å². The molecule has 0 saturated heterocycles. The molecular formula is C14H17NO4. The minimum absolute atomic E-state index is 0.0285. The highest BCUT2D eigenvalue weighted by molar-refractivity contribution is 5.87. The van der Waals surface area contributed by atoms with Crippen LogP contribution in [0.3, 0.4) is 0 Å². The average Bonchev–Trinajstić information content (AvgIpc) is 3.16. The maximum atomic E-state index is 11.8. The summed E-state index contributed by atoms with van der Waals surface area (Å²) in [5.41, 5.74) is 1.01. The average molecular weight is 263 g/mol. The molecule has 2 N–H and O–H groups in total. The molecule has 0 aromatic heterocycles. The molecule has 2 rings (SSSR count). The van der Waals surface area contributed by atoms with Crippen molar-refractivity contribution in [3.8, 4) is 0 Å². The van der Waals surface area contributed by atoms with Crippen LogP contribution in [0.5, 0.6) is 0 Å². The first-order valence-corrected chi connectivity index (χ1v) is 6.33. The number of carboxylic acid groups (broad SMARTS) is 1. The van der Waals surface area contributed by atoms with E-state index in [9.17, 15) is 9.59 Å². The van der Waals surface area contributed by atoms with Crippen molar-refractivity contribution in [3.05, 3.63) is 35.4 Å². The Morgan fingerprint density at radius 3 is 2.95 bits per heavy atom. The Kier molecular flexibility index (Phi) is 4.16. The maximum absolute atomic E-state index is 11.8. The standard InChI is InChI=1S/C14H17NO4/c1-2-19-12-7-11(12)13(16)15-8-9-4-3-5-10(6-9)14(17)18/h3-6,11-12H,2,7-8H2,1H3,(H,15,16)(H,17,18)/t11-,12-/m0/s1. The second kappa shape index (κ2) is 5.84. The fraction of sp³-hybridized carbons (Fsp3) is 0.429. The molecule has 0 bridgehead atoms. The molecule has 0 unspecified atom stereocenters. The van der Waals surface area contributed by atoms with E-state index in [-0.39, 0.29) is 23.5 Å². The summed E-state index contributed by atoms with van der Waals surface area (Å²) in [6, 6.07) is 6.56. The van der Waals surface area contributed by atoms with E-state index in [0.717, 1.165) is 12.0 Å². The fourth-order valence-electron chi connectivity index (χ4n) is 1.98. The van der Waals surface area contributed by atoms with Crippen molar-refractivity contribution in [1.29, 1.82) is 0 Å². The number of rotatable bonds is 6. The van der Waals surface area contributed by atoms with Crippen LogP contribution in [0.1, 0.15) is 29.3 Å². The summed E-state index contributed by atoms with van der Waals surface area (Å²) in [6.07, 6.45) is 0.824. The predicted octanol–water partition coefficient (Wildman–Crippen LogP) is 1.43. The first kappa shape index (κ1) is 13.5. The second-order valence-corrected chi connectivity index (χ2v) is 4.56. The summed E-state index contributed by atoms with van der Waals surface area (Å²) in [4.78, 5) is 22.6. The summed E-state index contributed by atoms with van der Waals surface area (Å²) >= 11 is 0. The Labute approximate surface area is 111 Å². The van der Waals surface area contributed by atoms with Crippen LogP contribution >= 0.6 is 0 Å². The lowest BCUT2D eigenvalue weighted by atomic mass is 10.1. The molecule has 102 valence electrons. The molecule has 19 heavy (non-hydrogen) atoms. The van der Waals surface area contributed by atoms with E-state index in [1.54, 1.807) is 18.2 Å². The molecule has 1 amide bonds. The zero-order chi connectivity index (χ0) is 13.8. The summed E-state index contributed by atoms with van der Waals surface area (Å²) in [5.74, 6) is -1.05. The lowest BCUT2D eigenvalue weighted by molar-refractivity contribution is -0.123. The van der Waals surface area contributed by atoms with Crippen LogP contribution in [0, 0.1) is 5.92 Å². The first-order valence-electron chi connectivity index (χ1n) is 6.33. The number of aromatic carboxylic acids is 1. The van der Waals surface area contributed by atoms with E-state index >= 15 is 0 Å². The molecule has 0 heterocycles. The van der Waals surface area contributed by atoms with Gasteiger partial charge in [-0.25, -0.2) is 4.79 Å². The van der Waals surface area contributed by atoms with Crippen molar-refractivity contribution in [2.24, 2.45) is 5.92 Å². The van der Waals surface area contributed by atoms with E-state index in [4.69, 9.17) is 9.84 Å². The molecule has 1 aromatic carbocycles. The smallest absolute Gasteiger partial charge is 0.335 e. The Morgan fingerprint density at radius 1 is 1.47 bits per heavy atom. The molecule has 0 aliphatic heterocycles. The molecule has 1 aliphatic rings. The van der Waals surface area contributed by atoms with E-state index in [1.807, 2.05) is 6.92 Å². The van der Waals surface area contributed by atoms with Crippen LogP contribution in [-0.4, -0.2) is 29.7 Å². The van der Waals surface area contributed by atoms with Gasteiger partial charge in [0.15, 0.2) is 0 Å². The summed E-state index contributed by atoms with van der Waals surface area (Å²) in [5, 5.41) is 11.7. The highest BCUT2D eigenvalue weighted by atomic mass is 16.5. The van der Waals surface area contributed by atoms with Gasteiger partial charge in [-0.2, -0.15) is 0 Å². The minimum Gasteiger partial charge on any atom is -0.478 e. The van der Waals surface area contributed by atoms with Crippen LogP contribution in [0.4, 0.5) is 0 Å². The Hall–Kier alpha value is -1.88. The minimum atomic E-state index is -0.966. The summed E-state index contributed by atoms with van der Waals surface area (Å²) < 4.78 is 5.35. The van der Waals surface area contributed by atoms with Crippen LogP contribution in [0.25, 0.3) is 0 Å². The van der Waals surface area contributed by atoms with Gasteiger partial charge in [-0.05, 0) is 31.0 Å². The number of ether oxygens (including phenoxy) is 1. The molecule has 0 spiro atoms. The van der Waals surface area contributed by atoms with Gasteiger partial charge in [0.25, 0.3) is 0 Å². The maximum Gasteiger partial charge on any atom is 0.335 e. The molecule has 1 saturated carbocycles. The van der Waals surface area contributed by atoms with Gasteiger partial charge in [-0.15, -0.1) is 0 Å². The van der Waals surface area contributed by atoms with Crippen molar-refractivity contribution >= 4 is 11.9 Å². The number of amides is 1. The van der Waals surface area contributed by atoms with E-state index in [1.165, 1.54) is 6.07 Å². The van der Waals surface area contributed by atoms with Crippen LogP contribution in [0.2, 0.25) is 0 Å². The number of nitrogens with one attached hydrogen (secondary N) is 1. The third kappa shape index (κ3) is 3.54. The van der Waals surface area contributed by atoms with Crippen LogP contribution in [0.15, 0.2) is 24.3 Å². The number of carboxylic acids is 1. The Morgan fingerprint density at radius 2 is 2.26 bits per heavy atom. The van der Waals surface area contributed by atoms with Gasteiger partial charge >= 0.3 is 5.97 Å². The SMILES string of the molecule is CCO[C@H]1C[C@@H]1C(=O)NCc1cccc(C(=O)O)c1. The lowest BCUT2D eigenvalue weighted by Crippen LogP contribution is -2.26.